The lowest BCUT2D eigenvalue weighted by atomic mass is 9.93. The number of aliphatic imine (C=N–C) groups is 2. The Bertz CT molecular complexity index is 1830. The summed E-state index contributed by atoms with van der Waals surface area (Å²) in [5, 5.41) is 8.52. The molecule has 0 bridgehead atoms. The number of benzene rings is 4. The second kappa shape index (κ2) is 8.84. The van der Waals surface area contributed by atoms with E-state index in [0.717, 1.165) is 57.0 Å². The summed E-state index contributed by atoms with van der Waals surface area (Å²) in [6.07, 6.45) is 0. The van der Waals surface area contributed by atoms with Crippen molar-refractivity contribution in [1.29, 1.82) is 0 Å². The lowest BCUT2D eigenvalue weighted by Gasteiger charge is -2.40. The zero-order valence-electron chi connectivity index (χ0n) is 21.7. The summed E-state index contributed by atoms with van der Waals surface area (Å²) in [5.41, 5.74) is 6.78. The molecule has 40 heavy (non-hydrogen) atoms. The molecular weight excluding hydrogens is 500 g/mol. The van der Waals surface area contributed by atoms with Crippen LogP contribution < -0.4 is 19.7 Å². The standard InChI is InChI=1S/C32H24N6O2/c1-20-28-29(21-10-4-2-5-11-21)37-25-15-9-8-14-24(25)34-30(33-22-16-17-26-27(18-22)40-19-39-26)32(37)35-31(28)38(36-20)23-12-6-3-7-13-23/h2-18,29H,19H2,1H3,(H,33,34). The first-order valence-electron chi connectivity index (χ1n) is 13.2. The average Bonchev–Trinajstić information content (AvgIpc) is 3.61. The molecule has 4 heterocycles. The second-order valence-corrected chi connectivity index (χ2v) is 9.83. The molecule has 8 heteroatoms. The summed E-state index contributed by atoms with van der Waals surface area (Å²) in [4.78, 5) is 12.6. The Morgan fingerprint density at radius 3 is 2.40 bits per heavy atom. The van der Waals surface area contributed by atoms with Crippen molar-refractivity contribution in [1.82, 2.24) is 9.78 Å². The van der Waals surface area contributed by atoms with E-state index >= 15 is 0 Å². The molecule has 3 aliphatic rings. The number of anilines is 2. The van der Waals surface area contributed by atoms with Gasteiger partial charge in [-0.25, -0.2) is 14.7 Å². The number of aryl methyl sites for hydroxylation is 1. The lowest BCUT2D eigenvalue weighted by Crippen LogP contribution is -2.46. The van der Waals surface area contributed by atoms with Crippen LogP contribution in [-0.2, 0) is 0 Å². The van der Waals surface area contributed by atoms with Gasteiger partial charge in [0.15, 0.2) is 29.0 Å². The van der Waals surface area contributed by atoms with Gasteiger partial charge in [0, 0.05) is 17.3 Å². The molecule has 0 spiro atoms. The van der Waals surface area contributed by atoms with Gasteiger partial charge in [0.1, 0.15) is 0 Å². The number of hydrogen-bond donors (Lipinski definition) is 1. The van der Waals surface area contributed by atoms with Crippen LogP contribution >= 0.6 is 0 Å². The van der Waals surface area contributed by atoms with Crippen molar-refractivity contribution in [2.45, 2.75) is 13.0 Å². The van der Waals surface area contributed by atoms with E-state index in [0.29, 0.717) is 11.6 Å². The van der Waals surface area contributed by atoms with Gasteiger partial charge in [-0.3, -0.25) is 0 Å². The predicted octanol–water partition coefficient (Wildman–Crippen LogP) is 6.70. The number of rotatable bonds is 3. The summed E-state index contributed by atoms with van der Waals surface area (Å²) in [6, 6.07) is 34.5. The second-order valence-electron chi connectivity index (χ2n) is 9.83. The molecule has 1 unspecified atom stereocenters. The van der Waals surface area contributed by atoms with Crippen LogP contribution in [0.15, 0.2) is 113 Å². The summed E-state index contributed by atoms with van der Waals surface area (Å²) >= 11 is 0. The van der Waals surface area contributed by atoms with Crippen LogP contribution in [-0.4, -0.2) is 28.2 Å². The minimum atomic E-state index is -0.161. The molecule has 0 radical (unpaired) electrons. The molecule has 0 fully saturated rings. The van der Waals surface area contributed by atoms with Crippen LogP contribution in [0.5, 0.6) is 11.5 Å². The summed E-state index contributed by atoms with van der Waals surface area (Å²) < 4.78 is 13.1. The Morgan fingerprint density at radius 2 is 1.55 bits per heavy atom. The molecule has 5 aromatic rings. The van der Waals surface area contributed by atoms with E-state index in [1.807, 2.05) is 77.5 Å². The number of hydrogen-bond acceptors (Lipinski definition) is 7. The molecule has 1 N–H and O–H groups in total. The topological polar surface area (TPSA) is 76.3 Å². The fourth-order valence-electron chi connectivity index (χ4n) is 5.61. The molecule has 3 aliphatic heterocycles. The molecule has 1 atom stereocenters. The SMILES string of the molecule is Cc1nn(-c2ccccc2)c2c1C(c1ccccc1)N1C(=N2)C(Nc2ccc3c(c2)OCO3)=Nc2ccccc21. The van der Waals surface area contributed by atoms with Crippen LogP contribution in [0.4, 0.5) is 22.9 Å². The van der Waals surface area contributed by atoms with E-state index in [1.165, 1.54) is 0 Å². The van der Waals surface area contributed by atoms with E-state index < -0.39 is 0 Å². The van der Waals surface area contributed by atoms with Crippen LogP contribution in [0.3, 0.4) is 0 Å². The summed E-state index contributed by atoms with van der Waals surface area (Å²) in [6.45, 7) is 2.28. The Hall–Kier alpha value is -5.37. The quantitative estimate of drug-likeness (QED) is 0.284. The first kappa shape index (κ1) is 22.6. The third kappa shape index (κ3) is 3.50. The van der Waals surface area contributed by atoms with Gasteiger partial charge in [-0.15, -0.1) is 0 Å². The number of nitrogens with zero attached hydrogens (tertiary/aromatic N) is 5. The average molecular weight is 525 g/mol. The van der Waals surface area contributed by atoms with Crippen molar-refractivity contribution in [2.24, 2.45) is 9.98 Å². The fraction of sp³-hybridized carbons (Fsp3) is 0.0938. The minimum Gasteiger partial charge on any atom is -0.454 e. The van der Waals surface area contributed by atoms with Crippen LogP contribution in [0.25, 0.3) is 5.69 Å². The third-order valence-electron chi connectivity index (χ3n) is 7.39. The largest absolute Gasteiger partial charge is 0.454 e. The van der Waals surface area contributed by atoms with E-state index in [2.05, 4.69) is 47.5 Å². The highest BCUT2D eigenvalue weighted by Gasteiger charge is 2.41. The Kier molecular flexibility index (Phi) is 5.00. The maximum Gasteiger partial charge on any atom is 0.231 e. The molecule has 0 saturated heterocycles. The van der Waals surface area contributed by atoms with Crippen LogP contribution in [0.1, 0.15) is 22.9 Å². The Balaban J connectivity index is 1.36. The lowest BCUT2D eigenvalue weighted by molar-refractivity contribution is 0.174. The van der Waals surface area contributed by atoms with Crippen molar-refractivity contribution in [3.63, 3.8) is 0 Å². The van der Waals surface area contributed by atoms with Crippen LogP contribution in [0.2, 0.25) is 0 Å². The monoisotopic (exact) mass is 524 g/mol. The van der Waals surface area contributed by atoms with Crippen LogP contribution in [0, 0.1) is 6.92 Å². The number of aromatic nitrogens is 2. The molecule has 194 valence electrons. The van der Waals surface area contributed by atoms with Gasteiger partial charge in [-0.2, -0.15) is 5.10 Å². The number of fused-ring (bicyclic) bond motifs is 5. The number of nitrogens with one attached hydrogen (secondary N) is 1. The molecule has 0 amide bonds. The predicted molar refractivity (Wildman–Crippen MR) is 156 cm³/mol. The maximum absolute atomic E-state index is 5.63. The zero-order chi connectivity index (χ0) is 26.6. The first-order chi connectivity index (χ1) is 19.7. The first-order valence-corrected chi connectivity index (χ1v) is 13.2. The molecule has 0 saturated carbocycles. The highest BCUT2D eigenvalue weighted by molar-refractivity contribution is 6.51. The number of ether oxygens (including phenoxy) is 2. The summed E-state index contributed by atoms with van der Waals surface area (Å²) in [7, 11) is 0. The Morgan fingerprint density at radius 1 is 0.800 bits per heavy atom. The number of amidine groups is 2. The van der Waals surface area contributed by atoms with Crippen molar-refractivity contribution >= 4 is 34.6 Å². The normalized spacial score (nSPS) is 16.4. The van der Waals surface area contributed by atoms with Crippen molar-refractivity contribution in [3.8, 4) is 17.2 Å². The molecule has 8 nitrogen and oxygen atoms in total. The molecule has 1 aromatic heterocycles. The van der Waals surface area contributed by atoms with E-state index in [1.54, 1.807) is 0 Å². The van der Waals surface area contributed by atoms with E-state index in [9.17, 15) is 0 Å². The van der Waals surface area contributed by atoms with Gasteiger partial charge in [0.05, 0.1) is 28.8 Å². The fourth-order valence-corrected chi connectivity index (χ4v) is 5.61. The van der Waals surface area contributed by atoms with E-state index in [4.69, 9.17) is 24.6 Å². The van der Waals surface area contributed by atoms with Gasteiger partial charge in [0.25, 0.3) is 0 Å². The number of para-hydroxylation sites is 3. The van der Waals surface area contributed by atoms with Crippen molar-refractivity contribution in [3.05, 3.63) is 120 Å². The van der Waals surface area contributed by atoms with Gasteiger partial charge in [0.2, 0.25) is 6.79 Å². The molecule has 0 aliphatic carbocycles. The zero-order valence-corrected chi connectivity index (χ0v) is 21.7. The van der Waals surface area contributed by atoms with Gasteiger partial charge in [-0.05, 0) is 48.9 Å². The summed E-state index contributed by atoms with van der Waals surface area (Å²) in [5.74, 6) is 3.58. The van der Waals surface area contributed by atoms with Gasteiger partial charge in [-0.1, -0.05) is 60.7 Å². The smallest absolute Gasteiger partial charge is 0.231 e. The Labute approximate surface area is 230 Å². The minimum absolute atomic E-state index is 0.161. The highest BCUT2D eigenvalue weighted by atomic mass is 16.7. The molecule has 4 aromatic carbocycles. The van der Waals surface area contributed by atoms with E-state index in [-0.39, 0.29) is 12.8 Å². The van der Waals surface area contributed by atoms with Gasteiger partial charge >= 0.3 is 0 Å². The van der Waals surface area contributed by atoms with Gasteiger partial charge < -0.3 is 19.7 Å². The van der Waals surface area contributed by atoms with Crippen molar-refractivity contribution < 1.29 is 9.47 Å². The highest BCUT2D eigenvalue weighted by Crippen LogP contribution is 2.48. The molecular formula is C32H24N6O2. The third-order valence-corrected chi connectivity index (χ3v) is 7.39. The maximum atomic E-state index is 5.63. The molecule has 8 rings (SSSR count). The van der Waals surface area contributed by atoms with Crippen molar-refractivity contribution in [2.75, 3.05) is 17.0 Å².